The lowest BCUT2D eigenvalue weighted by Gasteiger charge is -2.39. The summed E-state index contributed by atoms with van der Waals surface area (Å²) in [6, 6.07) is 16.6. The van der Waals surface area contributed by atoms with Crippen molar-refractivity contribution in [2.75, 3.05) is 20.2 Å². The van der Waals surface area contributed by atoms with Gasteiger partial charge in [0.15, 0.2) is 0 Å². The fraction of sp³-hybridized carbons (Fsp3) is 0.308. The average molecular weight is 450 g/mol. The van der Waals surface area contributed by atoms with Crippen molar-refractivity contribution in [2.45, 2.75) is 32.5 Å². The van der Waals surface area contributed by atoms with Gasteiger partial charge in [-0.3, -0.25) is 9.59 Å². The van der Waals surface area contributed by atoms with Gasteiger partial charge in [-0.1, -0.05) is 24.3 Å². The molecule has 0 saturated carbocycles. The molecule has 1 aromatic heterocycles. The van der Waals surface area contributed by atoms with Gasteiger partial charge in [-0.25, -0.2) is 4.39 Å². The first-order valence-corrected chi connectivity index (χ1v) is 11.0. The van der Waals surface area contributed by atoms with E-state index >= 15 is 0 Å². The maximum atomic E-state index is 14.1. The second-order valence-electron chi connectivity index (χ2n) is 8.40. The SMILES string of the molecule is COc1ccccc1C(=O)N(CC(=O)N1CCn2cccc2C1c1cccc(F)c1)C(C)C. The molecular weight excluding hydrogens is 421 g/mol. The van der Waals surface area contributed by atoms with Crippen LogP contribution in [0.5, 0.6) is 5.75 Å². The van der Waals surface area contributed by atoms with Gasteiger partial charge >= 0.3 is 0 Å². The van der Waals surface area contributed by atoms with E-state index < -0.39 is 6.04 Å². The highest BCUT2D eigenvalue weighted by Crippen LogP contribution is 2.33. The Morgan fingerprint density at radius 3 is 2.61 bits per heavy atom. The fourth-order valence-electron chi connectivity index (χ4n) is 4.38. The van der Waals surface area contributed by atoms with Gasteiger partial charge in [-0.15, -0.1) is 0 Å². The smallest absolute Gasteiger partial charge is 0.258 e. The van der Waals surface area contributed by atoms with Crippen LogP contribution in [0.1, 0.15) is 41.5 Å². The Kier molecular flexibility index (Phi) is 6.49. The van der Waals surface area contributed by atoms with Crippen LogP contribution in [0.2, 0.25) is 0 Å². The summed E-state index contributed by atoms with van der Waals surface area (Å²) >= 11 is 0. The van der Waals surface area contributed by atoms with Crippen LogP contribution in [0.3, 0.4) is 0 Å². The number of rotatable bonds is 6. The summed E-state index contributed by atoms with van der Waals surface area (Å²) in [5.41, 5.74) is 2.04. The summed E-state index contributed by atoms with van der Waals surface area (Å²) in [5, 5.41) is 0. The van der Waals surface area contributed by atoms with Crippen molar-refractivity contribution in [3.05, 3.63) is 89.5 Å². The Bertz CT molecular complexity index is 1160. The summed E-state index contributed by atoms with van der Waals surface area (Å²) < 4.78 is 21.5. The highest BCUT2D eigenvalue weighted by Gasteiger charge is 2.34. The van der Waals surface area contributed by atoms with Crippen molar-refractivity contribution in [1.82, 2.24) is 14.4 Å². The molecule has 172 valence electrons. The highest BCUT2D eigenvalue weighted by molar-refractivity contribution is 5.99. The van der Waals surface area contributed by atoms with Crippen molar-refractivity contribution in [3.63, 3.8) is 0 Å². The number of carbonyl (C=O) groups is 2. The molecule has 1 atom stereocenters. The van der Waals surface area contributed by atoms with Crippen LogP contribution in [-0.4, -0.2) is 52.4 Å². The van der Waals surface area contributed by atoms with Crippen LogP contribution < -0.4 is 4.74 Å². The van der Waals surface area contributed by atoms with E-state index in [-0.39, 0.29) is 30.2 Å². The first-order chi connectivity index (χ1) is 15.9. The predicted octanol–water partition coefficient (Wildman–Crippen LogP) is 4.12. The third-order valence-corrected chi connectivity index (χ3v) is 6.05. The van der Waals surface area contributed by atoms with Crippen LogP contribution in [-0.2, 0) is 11.3 Å². The van der Waals surface area contributed by atoms with Gasteiger partial charge < -0.3 is 19.1 Å². The first-order valence-electron chi connectivity index (χ1n) is 11.0. The lowest BCUT2D eigenvalue weighted by Crippen LogP contribution is -2.49. The van der Waals surface area contributed by atoms with Crippen molar-refractivity contribution < 1.29 is 18.7 Å². The Morgan fingerprint density at radius 1 is 1.09 bits per heavy atom. The molecule has 6 nitrogen and oxygen atoms in total. The van der Waals surface area contributed by atoms with Gasteiger partial charge in [-0.2, -0.15) is 0 Å². The highest BCUT2D eigenvalue weighted by atomic mass is 19.1. The second-order valence-corrected chi connectivity index (χ2v) is 8.40. The number of ether oxygens (including phenoxy) is 1. The molecule has 2 amide bonds. The summed E-state index contributed by atoms with van der Waals surface area (Å²) in [6.07, 6.45) is 1.97. The monoisotopic (exact) mass is 449 g/mol. The molecule has 1 aliphatic rings. The Balaban J connectivity index is 1.64. The van der Waals surface area contributed by atoms with E-state index in [1.165, 1.54) is 19.2 Å². The van der Waals surface area contributed by atoms with Crippen LogP contribution in [0.25, 0.3) is 0 Å². The molecular formula is C26H28FN3O3. The maximum Gasteiger partial charge on any atom is 0.258 e. The maximum absolute atomic E-state index is 14.1. The summed E-state index contributed by atoms with van der Waals surface area (Å²) in [7, 11) is 1.52. The van der Waals surface area contributed by atoms with E-state index in [0.717, 1.165) is 5.69 Å². The molecule has 0 radical (unpaired) electrons. The number of nitrogens with zero attached hydrogens (tertiary/aromatic N) is 3. The van der Waals surface area contributed by atoms with Crippen molar-refractivity contribution in [1.29, 1.82) is 0 Å². The standard InChI is InChI=1S/C26H28FN3O3/c1-18(2)30(26(32)21-10-4-5-12-23(21)33-3)17-24(31)29-15-14-28-13-7-11-22(28)25(29)19-8-6-9-20(27)16-19/h4-13,16,18,25H,14-15,17H2,1-3H3. The molecule has 2 aromatic carbocycles. The topological polar surface area (TPSA) is 54.8 Å². The number of carbonyl (C=O) groups excluding carboxylic acids is 2. The minimum absolute atomic E-state index is 0.0823. The van der Waals surface area contributed by atoms with Gasteiger partial charge in [0.05, 0.1) is 18.7 Å². The fourth-order valence-corrected chi connectivity index (χ4v) is 4.38. The van der Waals surface area contributed by atoms with E-state index in [9.17, 15) is 14.0 Å². The largest absolute Gasteiger partial charge is 0.496 e. The third-order valence-electron chi connectivity index (χ3n) is 6.05. The lowest BCUT2D eigenvalue weighted by atomic mass is 9.99. The zero-order valence-corrected chi connectivity index (χ0v) is 19.1. The number of amides is 2. The molecule has 0 bridgehead atoms. The Hall–Kier alpha value is -3.61. The van der Waals surface area contributed by atoms with Gasteiger partial charge in [0, 0.05) is 31.0 Å². The quantitative estimate of drug-likeness (QED) is 0.569. The lowest BCUT2D eigenvalue weighted by molar-refractivity contribution is -0.135. The van der Waals surface area contributed by atoms with E-state index in [0.29, 0.717) is 30.0 Å². The normalized spacial score (nSPS) is 15.3. The average Bonchev–Trinajstić information content (AvgIpc) is 3.30. The minimum Gasteiger partial charge on any atom is -0.496 e. The molecule has 2 heterocycles. The first kappa shape index (κ1) is 22.6. The number of benzene rings is 2. The molecule has 3 aromatic rings. The zero-order chi connectivity index (χ0) is 23.5. The molecule has 0 N–H and O–H groups in total. The zero-order valence-electron chi connectivity index (χ0n) is 19.1. The van der Waals surface area contributed by atoms with Crippen molar-refractivity contribution in [3.8, 4) is 5.75 Å². The Labute approximate surface area is 193 Å². The van der Waals surface area contributed by atoms with E-state index in [2.05, 4.69) is 4.57 Å². The molecule has 0 fully saturated rings. The molecule has 1 unspecified atom stereocenters. The van der Waals surface area contributed by atoms with Crippen molar-refractivity contribution in [2.24, 2.45) is 0 Å². The third kappa shape index (κ3) is 4.49. The van der Waals surface area contributed by atoms with Gasteiger partial charge in [0.2, 0.25) is 5.91 Å². The number of methoxy groups -OCH3 is 1. The molecule has 0 aliphatic carbocycles. The van der Waals surface area contributed by atoms with Crippen LogP contribution in [0.4, 0.5) is 4.39 Å². The summed E-state index contributed by atoms with van der Waals surface area (Å²) in [6.45, 7) is 4.79. The van der Waals surface area contributed by atoms with Crippen molar-refractivity contribution >= 4 is 11.8 Å². The summed E-state index contributed by atoms with van der Waals surface area (Å²) in [5.74, 6) is -0.333. The van der Waals surface area contributed by atoms with E-state index in [1.54, 1.807) is 40.1 Å². The second kappa shape index (κ2) is 9.48. The predicted molar refractivity (Wildman–Crippen MR) is 124 cm³/mol. The van der Waals surface area contributed by atoms with Crippen LogP contribution in [0.15, 0.2) is 66.9 Å². The number of aromatic nitrogens is 1. The number of halogens is 1. The number of fused-ring (bicyclic) bond motifs is 1. The van der Waals surface area contributed by atoms with E-state index in [4.69, 9.17) is 4.74 Å². The Morgan fingerprint density at radius 2 is 1.88 bits per heavy atom. The molecule has 7 heteroatoms. The number of hydrogen-bond donors (Lipinski definition) is 0. The van der Waals surface area contributed by atoms with Crippen LogP contribution >= 0.6 is 0 Å². The molecule has 4 rings (SSSR count). The molecule has 1 aliphatic heterocycles. The molecule has 0 spiro atoms. The molecule has 33 heavy (non-hydrogen) atoms. The van der Waals surface area contributed by atoms with Gasteiger partial charge in [0.1, 0.15) is 18.1 Å². The van der Waals surface area contributed by atoms with E-state index in [1.807, 2.05) is 38.2 Å². The summed E-state index contributed by atoms with van der Waals surface area (Å²) in [4.78, 5) is 30.3. The number of para-hydroxylation sites is 1. The van der Waals surface area contributed by atoms with Crippen LogP contribution in [0, 0.1) is 5.82 Å². The molecule has 0 saturated heterocycles. The number of hydrogen-bond acceptors (Lipinski definition) is 3. The van der Waals surface area contributed by atoms with Gasteiger partial charge in [-0.05, 0) is 55.8 Å². The minimum atomic E-state index is -0.424. The van der Waals surface area contributed by atoms with Gasteiger partial charge in [0.25, 0.3) is 5.91 Å².